The fourth-order valence-electron chi connectivity index (χ4n) is 4.32. The molecule has 1 aliphatic heterocycles. The van der Waals surface area contributed by atoms with Crippen molar-refractivity contribution in [2.45, 2.75) is 6.92 Å². The number of ether oxygens (including phenoxy) is 1. The van der Waals surface area contributed by atoms with E-state index in [1.165, 1.54) is 7.11 Å². The number of methoxy groups -OCH3 is 1. The fraction of sp³-hybridized carbons (Fsp3) is 0.250. The molecule has 1 aromatic carbocycles. The number of H-pyrrole nitrogens is 1. The van der Waals surface area contributed by atoms with Gasteiger partial charge < -0.3 is 19.5 Å². The number of rotatable bonds is 4. The van der Waals surface area contributed by atoms with Crippen LogP contribution in [0.3, 0.4) is 0 Å². The Morgan fingerprint density at radius 2 is 1.84 bits per heavy atom. The average molecular weight is 429 g/mol. The quantitative estimate of drug-likeness (QED) is 0.396. The highest BCUT2D eigenvalue weighted by Crippen LogP contribution is 2.30. The van der Waals surface area contributed by atoms with Crippen LogP contribution in [0.25, 0.3) is 21.7 Å². The zero-order valence-corrected chi connectivity index (χ0v) is 18.0. The Kier molecular flexibility index (Phi) is 4.97. The zero-order valence-electron chi connectivity index (χ0n) is 18.0. The van der Waals surface area contributed by atoms with E-state index in [0.29, 0.717) is 48.4 Å². The zero-order chi connectivity index (χ0) is 22.2. The minimum Gasteiger partial charge on any atom is -0.494 e. The number of pyridine rings is 2. The molecule has 0 unspecified atom stereocenters. The molecule has 1 fully saturated rings. The molecule has 4 heterocycles. The Morgan fingerprint density at radius 3 is 2.62 bits per heavy atom. The molecule has 0 atom stereocenters. The summed E-state index contributed by atoms with van der Waals surface area (Å²) in [6.07, 6.45) is 4.95. The first-order valence-electron chi connectivity index (χ1n) is 10.5. The molecule has 0 radical (unpaired) electrons. The summed E-state index contributed by atoms with van der Waals surface area (Å²) in [4.78, 5) is 41.8. The van der Waals surface area contributed by atoms with Crippen LogP contribution >= 0.6 is 0 Å². The molecule has 5 rings (SSSR count). The van der Waals surface area contributed by atoms with Gasteiger partial charge in [0.05, 0.1) is 35.5 Å². The van der Waals surface area contributed by atoms with E-state index in [9.17, 15) is 9.59 Å². The first kappa shape index (κ1) is 20.0. The second kappa shape index (κ2) is 7.96. The molecule has 1 amide bonds. The van der Waals surface area contributed by atoms with Crippen molar-refractivity contribution in [3.8, 4) is 5.75 Å². The highest BCUT2D eigenvalue weighted by molar-refractivity contribution is 6.45. The molecule has 0 spiro atoms. The van der Waals surface area contributed by atoms with Crippen LogP contribution < -0.4 is 9.64 Å². The number of nitrogens with zero attached hydrogens (tertiary/aromatic N) is 4. The Bertz CT molecular complexity index is 1330. The van der Waals surface area contributed by atoms with Gasteiger partial charge in [-0.15, -0.1) is 0 Å². The number of benzene rings is 1. The number of hydrogen-bond acceptors (Lipinski definition) is 6. The second-order valence-electron chi connectivity index (χ2n) is 7.83. The summed E-state index contributed by atoms with van der Waals surface area (Å²) < 4.78 is 5.38. The molecule has 0 saturated carbocycles. The van der Waals surface area contributed by atoms with Crippen molar-refractivity contribution >= 4 is 39.2 Å². The van der Waals surface area contributed by atoms with E-state index in [1.807, 2.05) is 25.1 Å². The van der Waals surface area contributed by atoms with Gasteiger partial charge in [0.25, 0.3) is 11.7 Å². The molecular weight excluding hydrogens is 406 g/mol. The molecule has 8 heteroatoms. The van der Waals surface area contributed by atoms with Gasteiger partial charge in [-0.25, -0.2) is 4.98 Å². The number of anilines is 1. The number of carbonyl (C=O) groups is 2. The summed E-state index contributed by atoms with van der Waals surface area (Å²) in [5.41, 5.74) is 1.75. The van der Waals surface area contributed by atoms with Gasteiger partial charge in [-0.1, -0.05) is 24.3 Å². The van der Waals surface area contributed by atoms with Crippen molar-refractivity contribution in [2.24, 2.45) is 0 Å². The number of carbonyl (C=O) groups excluding carboxylic acids is 2. The Hall–Kier alpha value is -3.94. The summed E-state index contributed by atoms with van der Waals surface area (Å²) in [6, 6.07) is 10.1. The van der Waals surface area contributed by atoms with E-state index >= 15 is 0 Å². The topological polar surface area (TPSA) is 91.4 Å². The first-order valence-corrected chi connectivity index (χ1v) is 10.5. The Labute approximate surface area is 184 Å². The lowest BCUT2D eigenvalue weighted by Crippen LogP contribution is -2.50. The summed E-state index contributed by atoms with van der Waals surface area (Å²) in [5.74, 6) is 0.325. The molecule has 1 saturated heterocycles. The Balaban J connectivity index is 1.35. The summed E-state index contributed by atoms with van der Waals surface area (Å²) in [5, 5.41) is 2.81. The molecule has 3 aromatic heterocycles. The molecule has 32 heavy (non-hydrogen) atoms. The van der Waals surface area contributed by atoms with Crippen LogP contribution in [-0.4, -0.2) is 64.8 Å². The largest absolute Gasteiger partial charge is 0.494 e. The predicted molar refractivity (Wildman–Crippen MR) is 122 cm³/mol. The van der Waals surface area contributed by atoms with E-state index < -0.39 is 11.7 Å². The normalized spacial score (nSPS) is 14.2. The van der Waals surface area contributed by atoms with E-state index in [0.717, 1.165) is 22.3 Å². The van der Waals surface area contributed by atoms with Crippen molar-refractivity contribution in [3.63, 3.8) is 0 Å². The van der Waals surface area contributed by atoms with Crippen molar-refractivity contribution in [2.75, 3.05) is 38.2 Å². The predicted octanol–water partition coefficient (Wildman–Crippen LogP) is 2.96. The molecule has 4 aromatic rings. The minimum atomic E-state index is -0.545. The minimum absolute atomic E-state index is 0.311. The number of aromatic nitrogens is 3. The van der Waals surface area contributed by atoms with Crippen LogP contribution in [0.1, 0.15) is 16.1 Å². The van der Waals surface area contributed by atoms with Crippen LogP contribution in [0, 0.1) is 6.92 Å². The number of aryl methyl sites for hydroxylation is 1. The van der Waals surface area contributed by atoms with Crippen molar-refractivity contribution < 1.29 is 14.3 Å². The third kappa shape index (κ3) is 3.24. The summed E-state index contributed by atoms with van der Waals surface area (Å²) in [7, 11) is 1.52. The number of aromatic amines is 1. The Morgan fingerprint density at radius 1 is 1.06 bits per heavy atom. The molecule has 0 bridgehead atoms. The second-order valence-corrected chi connectivity index (χ2v) is 7.83. The monoisotopic (exact) mass is 429 g/mol. The van der Waals surface area contributed by atoms with Gasteiger partial charge in [-0.2, -0.15) is 0 Å². The fourth-order valence-corrected chi connectivity index (χ4v) is 4.32. The van der Waals surface area contributed by atoms with Crippen LogP contribution in [0.15, 0.2) is 48.9 Å². The lowest BCUT2D eigenvalue weighted by molar-refractivity contribution is -0.126. The third-order valence-electron chi connectivity index (χ3n) is 6.04. The van der Waals surface area contributed by atoms with Gasteiger partial charge in [0.2, 0.25) is 0 Å². The molecule has 8 nitrogen and oxygen atoms in total. The van der Waals surface area contributed by atoms with E-state index in [1.54, 1.807) is 23.5 Å². The maximum Gasteiger partial charge on any atom is 0.295 e. The number of fused-ring (bicyclic) bond motifs is 2. The summed E-state index contributed by atoms with van der Waals surface area (Å²) >= 11 is 0. The van der Waals surface area contributed by atoms with Crippen LogP contribution in [0.2, 0.25) is 0 Å². The van der Waals surface area contributed by atoms with Gasteiger partial charge in [0.15, 0.2) is 0 Å². The number of amides is 1. The maximum atomic E-state index is 13.1. The van der Waals surface area contributed by atoms with Gasteiger partial charge in [-0.05, 0) is 18.4 Å². The summed E-state index contributed by atoms with van der Waals surface area (Å²) in [6.45, 7) is 3.97. The highest BCUT2D eigenvalue weighted by atomic mass is 16.5. The molecular formula is C24H23N5O3. The highest BCUT2D eigenvalue weighted by Gasteiger charge is 2.30. The molecule has 0 aliphatic carbocycles. The number of Topliss-reactive ketones (excluding diaryl/α,β-unsaturated/α-hetero) is 1. The van der Waals surface area contributed by atoms with Crippen LogP contribution in [-0.2, 0) is 4.79 Å². The van der Waals surface area contributed by atoms with Crippen molar-refractivity contribution in [3.05, 3.63) is 60.2 Å². The van der Waals surface area contributed by atoms with E-state index in [-0.39, 0.29) is 0 Å². The van der Waals surface area contributed by atoms with Crippen LogP contribution in [0.4, 0.5) is 5.82 Å². The molecule has 1 N–H and O–H groups in total. The lowest BCUT2D eigenvalue weighted by atomic mass is 10.1. The lowest BCUT2D eigenvalue weighted by Gasteiger charge is -2.35. The van der Waals surface area contributed by atoms with Gasteiger partial charge >= 0.3 is 0 Å². The number of hydrogen-bond donors (Lipinski definition) is 1. The number of piperazine rings is 1. The van der Waals surface area contributed by atoms with Crippen LogP contribution in [0.5, 0.6) is 5.75 Å². The molecule has 1 aliphatic rings. The van der Waals surface area contributed by atoms with Crippen molar-refractivity contribution in [1.29, 1.82) is 0 Å². The standard InChI is InChI=1S/C24H23N5O3/c1-15-21-20(19(32-2)14-26-15)18(13-27-21)22(30)24(31)29-11-9-28(10-12-29)23-17-6-4-3-5-16(17)7-8-25-23/h3-8,13-14,27H,9-12H2,1-2H3. The number of nitrogens with one attached hydrogen (secondary N) is 1. The maximum absolute atomic E-state index is 13.1. The van der Waals surface area contributed by atoms with Gasteiger partial charge in [-0.3, -0.25) is 14.6 Å². The third-order valence-corrected chi connectivity index (χ3v) is 6.04. The first-order chi connectivity index (χ1) is 15.6. The van der Waals surface area contributed by atoms with E-state index in [2.05, 4.69) is 32.0 Å². The van der Waals surface area contributed by atoms with Crippen molar-refractivity contribution in [1.82, 2.24) is 19.9 Å². The van der Waals surface area contributed by atoms with Gasteiger partial charge in [0.1, 0.15) is 11.6 Å². The van der Waals surface area contributed by atoms with E-state index in [4.69, 9.17) is 4.74 Å². The molecule has 162 valence electrons. The SMILES string of the molecule is COc1cnc(C)c2[nH]cc(C(=O)C(=O)N3CCN(c4nccc5ccccc45)CC3)c12. The average Bonchev–Trinajstić information content (AvgIpc) is 3.29. The number of ketones is 1. The smallest absolute Gasteiger partial charge is 0.295 e. The van der Waals surface area contributed by atoms with Gasteiger partial charge in [0, 0.05) is 44.0 Å².